The van der Waals surface area contributed by atoms with Gasteiger partial charge in [-0.05, 0) is 25.0 Å². The van der Waals surface area contributed by atoms with Gasteiger partial charge in [0.25, 0.3) is 0 Å². The molecule has 1 aliphatic carbocycles. The molecule has 0 bridgehead atoms. The largest absolute Gasteiger partial charge is 0.324 e. The van der Waals surface area contributed by atoms with Crippen molar-refractivity contribution in [2.45, 2.75) is 12.8 Å². The van der Waals surface area contributed by atoms with E-state index in [0.717, 1.165) is 17.0 Å². The highest BCUT2D eigenvalue weighted by Crippen LogP contribution is 2.34. The maximum atomic E-state index is 13.1. The lowest BCUT2D eigenvalue weighted by Gasteiger charge is -2.14. The minimum Gasteiger partial charge on any atom is -0.324 e. The monoisotopic (exact) mass is 320 g/mol. The van der Waals surface area contributed by atoms with Crippen molar-refractivity contribution in [3.05, 3.63) is 42.0 Å². The van der Waals surface area contributed by atoms with Crippen LogP contribution in [0.25, 0.3) is 0 Å². The Morgan fingerprint density at radius 3 is 2.09 bits per heavy atom. The zero-order valence-electron chi connectivity index (χ0n) is 12.1. The molecule has 1 aliphatic heterocycles. The van der Waals surface area contributed by atoms with Crippen LogP contribution in [-0.4, -0.2) is 29.2 Å². The molecule has 1 N–H and O–H groups in total. The highest BCUT2D eigenvalue weighted by molar-refractivity contribution is 6.08. The fraction of sp³-hybridized carbons (Fsp3) is 0.312. The zero-order valence-corrected chi connectivity index (χ0v) is 12.1. The van der Waals surface area contributed by atoms with Crippen LogP contribution < -0.4 is 5.32 Å². The summed E-state index contributed by atoms with van der Waals surface area (Å²) in [6, 6.07) is 2.59. The average Bonchev–Trinajstić information content (AvgIpc) is 2.72. The molecule has 1 heterocycles. The second-order valence-electron chi connectivity index (χ2n) is 5.62. The van der Waals surface area contributed by atoms with E-state index in [-0.39, 0.29) is 17.5 Å². The second kappa shape index (κ2) is 5.91. The molecule has 1 aromatic carbocycles. The summed E-state index contributed by atoms with van der Waals surface area (Å²) in [7, 11) is 0. The molecule has 23 heavy (non-hydrogen) atoms. The predicted molar refractivity (Wildman–Crippen MR) is 77.1 cm³/mol. The van der Waals surface area contributed by atoms with Crippen LogP contribution in [0.1, 0.15) is 12.8 Å². The summed E-state index contributed by atoms with van der Waals surface area (Å²) in [5.74, 6) is -3.89. The summed E-state index contributed by atoms with van der Waals surface area (Å²) in [5, 5.41) is 2.29. The Kier molecular flexibility index (Phi) is 3.94. The third kappa shape index (κ3) is 2.99. The second-order valence-corrected chi connectivity index (χ2v) is 5.62. The third-order valence-corrected chi connectivity index (χ3v) is 4.05. The fourth-order valence-corrected chi connectivity index (χ4v) is 2.99. The lowest BCUT2D eigenvalue weighted by molar-refractivity contribution is -0.142. The quantitative estimate of drug-likeness (QED) is 0.683. The Morgan fingerprint density at radius 2 is 1.57 bits per heavy atom. The van der Waals surface area contributed by atoms with Crippen molar-refractivity contribution in [1.82, 2.24) is 4.90 Å². The Morgan fingerprint density at radius 1 is 1.04 bits per heavy atom. The van der Waals surface area contributed by atoms with Crippen molar-refractivity contribution in [2.24, 2.45) is 11.8 Å². The molecule has 0 saturated carbocycles. The molecule has 3 amide bonds. The van der Waals surface area contributed by atoms with E-state index in [1.807, 2.05) is 12.2 Å². The number of likely N-dealkylation sites (tertiary alicyclic amines) is 1. The molecule has 2 atom stereocenters. The van der Waals surface area contributed by atoms with Crippen molar-refractivity contribution in [3.8, 4) is 0 Å². The Hall–Kier alpha value is -2.57. The highest BCUT2D eigenvalue weighted by atomic mass is 19.1. The minimum atomic E-state index is -0.828. The number of hydrogen-bond donors (Lipinski definition) is 1. The number of amides is 3. The van der Waals surface area contributed by atoms with E-state index >= 15 is 0 Å². The lowest BCUT2D eigenvalue weighted by atomic mass is 9.85. The molecule has 7 heteroatoms. The number of fused-ring (bicyclic) bond motifs is 1. The lowest BCUT2D eigenvalue weighted by Crippen LogP contribution is -2.38. The number of rotatable bonds is 3. The molecular weight excluding hydrogens is 306 g/mol. The van der Waals surface area contributed by atoms with Gasteiger partial charge in [-0.1, -0.05) is 12.2 Å². The average molecular weight is 320 g/mol. The van der Waals surface area contributed by atoms with Gasteiger partial charge in [-0.2, -0.15) is 0 Å². The maximum absolute atomic E-state index is 13.1. The molecule has 0 aromatic heterocycles. The number of hydrogen-bond acceptors (Lipinski definition) is 3. The number of nitrogens with zero attached hydrogens (tertiary/aromatic N) is 1. The zero-order chi connectivity index (χ0) is 16.6. The summed E-state index contributed by atoms with van der Waals surface area (Å²) in [4.78, 5) is 37.3. The summed E-state index contributed by atoms with van der Waals surface area (Å²) in [5.41, 5.74) is -0.0642. The van der Waals surface area contributed by atoms with Crippen LogP contribution in [0.3, 0.4) is 0 Å². The molecule has 0 radical (unpaired) electrons. The van der Waals surface area contributed by atoms with Gasteiger partial charge in [0.2, 0.25) is 17.7 Å². The minimum absolute atomic E-state index is 0.0642. The summed E-state index contributed by atoms with van der Waals surface area (Å²) < 4.78 is 26.2. The topological polar surface area (TPSA) is 66.5 Å². The Labute approximate surface area is 131 Å². The number of benzene rings is 1. The van der Waals surface area contributed by atoms with Crippen LogP contribution >= 0.6 is 0 Å². The number of imide groups is 1. The van der Waals surface area contributed by atoms with E-state index in [9.17, 15) is 23.2 Å². The molecule has 120 valence electrons. The number of carbonyl (C=O) groups excluding carboxylic acids is 3. The van der Waals surface area contributed by atoms with E-state index in [4.69, 9.17) is 0 Å². The van der Waals surface area contributed by atoms with Crippen LogP contribution in [0.2, 0.25) is 0 Å². The van der Waals surface area contributed by atoms with E-state index in [1.165, 1.54) is 0 Å². The van der Waals surface area contributed by atoms with Gasteiger partial charge in [0, 0.05) is 11.8 Å². The normalized spacial score (nSPS) is 23.1. The third-order valence-electron chi connectivity index (χ3n) is 4.05. The number of halogens is 2. The molecule has 1 fully saturated rings. The SMILES string of the molecule is O=C(CN1C(=O)C2CC=CCC2C1=O)Nc1cc(F)cc(F)c1. The van der Waals surface area contributed by atoms with Gasteiger partial charge < -0.3 is 5.32 Å². The predicted octanol–water partition coefficient (Wildman–Crippen LogP) is 1.85. The van der Waals surface area contributed by atoms with Crippen molar-refractivity contribution in [2.75, 3.05) is 11.9 Å². The van der Waals surface area contributed by atoms with Gasteiger partial charge in [0.05, 0.1) is 11.8 Å². The maximum Gasteiger partial charge on any atom is 0.244 e. The van der Waals surface area contributed by atoms with Crippen molar-refractivity contribution in [1.29, 1.82) is 0 Å². The van der Waals surface area contributed by atoms with Gasteiger partial charge >= 0.3 is 0 Å². The van der Waals surface area contributed by atoms with Crippen LogP contribution in [-0.2, 0) is 14.4 Å². The summed E-state index contributed by atoms with van der Waals surface area (Å²) >= 11 is 0. The highest BCUT2D eigenvalue weighted by Gasteiger charge is 2.47. The van der Waals surface area contributed by atoms with E-state index in [1.54, 1.807) is 0 Å². The number of allylic oxidation sites excluding steroid dienone is 2. The summed E-state index contributed by atoms with van der Waals surface area (Å²) in [6.07, 6.45) is 4.68. The van der Waals surface area contributed by atoms with E-state index < -0.39 is 35.9 Å². The number of nitrogens with one attached hydrogen (secondary N) is 1. The first kappa shape index (κ1) is 15.3. The van der Waals surface area contributed by atoms with Crippen molar-refractivity contribution < 1.29 is 23.2 Å². The molecule has 1 aromatic rings. The molecule has 2 unspecified atom stereocenters. The Bertz CT molecular complexity index is 671. The Balaban J connectivity index is 1.68. The van der Waals surface area contributed by atoms with Gasteiger partial charge in [-0.25, -0.2) is 8.78 Å². The molecule has 0 spiro atoms. The van der Waals surface area contributed by atoms with Gasteiger partial charge in [0.15, 0.2) is 0 Å². The fourth-order valence-electron chi connectivity index (χ4n) is 2.99. The summed E-state index contributed by atoms with van der Waals surface area (Å²) in [6.45, 7) is -0.456. The number of carbonyl (C=O) groups is 3. The van der Waals surface area contributed by atoms with Gasteiger partial charge in [-0.3, -0.25) is 19.3 Å². The molecular formula is C16H14F2N2O3. The van der Waals surface area contributed by atoms with Crippen molar-refractivity contribution >= 4 is 23.4 Å². The molecule has 1 saturated heterocycles. The van der Waals surface area contributed by atoms with Crippen LogP contribution in [0.4, 0.5) is 14.5 Å². The molecule has 3 rings (SSSR count). The van der Waals surface area contributed by atoms with Crippen LogP contribution in [0.5, 0.6) is 0 Å². The smallest absolute Gasteiger partial charge is 0.244 e. The first-order chi connectivity index (χ1) is 11.0. The van der Waals surface area contributed by atoms with Gasteiger partial charge in [-0.15, -0.1) is 0 Å². The van der Waals surface area contributed by atoms with Crippen LogP contribution in [0, 0.1) is 23.5 Å². The molecule has 2 aliphatic rings. The van der Waals surface area contributed by atoms with Gasteiger partial charge in [0.1, 0.15) is 18.2 Å². The van der Waals surface area contributed by atoms with E-state index in [2.05, 4.69) is 5.32 Å². The standard InChI is InChI=1S/C16H14F2N2O3/c17-9-5-10(18)7-11(6-9)19-14(21)8-20-15(22)12-3-1-2-4-13(12)16(20)23/h1-2,5-7,12-13H,3-4,8H2,(H,19,21). The van der Waals surface area contributed by atoms with Crippen LogP contribution in [0.15, 0.2) is 30.4 Å². The van der Waals surface area contributed by atoms with Crippen molar-refractivity contribution in [3.63, 3.8) is 0 Å². The number of anilines is 1. The van der Waals surface area contributed by atoms with E-state index in [0.29, 0.717) is 18.9 Å². The first-order valence-electron chi connectivity index (χ1n) is 7.22. The molecule has 5 nitrogen and oxygen atoms in total. The first-order valence-corrected chi connectivity index (χ1v) is 7.22.